The van der Waals surface area contributed by atoms with Gasteiger partial charge in [0.05, 0.1) is 5.56 Å². The predicted molar refractivity (Wildman–Crippen MR) is 139 cm³/mol. The van der Waals surface area contributed by atoms with E-state index >= 15 is 0 Å². The van der Waals surface area contributed by atoms with Gasteiger partial charge in [-0.25, -0.2) is 0 Å². The van der Waals surface area contributed by atoms with Crippen molar-refractivity contribution in [1.29, 1.82) is 0 Å². The summed E-state index contributed by atoms with van der Waals surface area (Å²) in [6.45, 7) is 1.68. The van der Waals surface area contributed by atoms with Gasteiger partial charge >= 0.3 is 0 Å². The van der Waals surface area contributed by atoms with E-state index in [4.69, 9.17) is 0 Å². The first kappa shape index (κ1) is 20.4. The zero-order valence-electron chi connectivity index (χ0n) is 18.0. The normalized spacial score (nSPS) is 11.4. The summed E-state index contributed by atoms with van der Waals surface area (Å²) in [6, 6.07) is 44.7. The van der Waals surface area contributed by atoms with Crippen LogP contribution in [0.3, 0.4) is 0 Å². The molecule has 0 heterocycles. The van der Waals surface area contributed by atoms with E-state index in [1.165, 1.54) is 15.9 Å². The number of benzene rings is 5. The smallest absolute Gasteiger partial charge is 0.163 e. The van der Waals surface area contributed by atoms with Crippen LogP contribution in [0.4, 0.5) is 0 Å². The second-order valence-corrected chi connectivity index (χ2v) is 11.3. The van der Waals surface area contributed by atoms with Gasteiger partial charge in [-0.15, -0.1) is 0 Å². The van der Waals surface area contributed by atoms with Crippen molar-refractivity contribution < 1.29 is 4.79 Å². The van der Waals surface area contributed by atoms with Crippen molar-refractivity contribution in [3.63, 3.8) is 0 Å². The monoisotopic (exact) mass is 431 g/mol. The number of Topliss-reactive ketones (excluding diaryl/α,β-unsaturated/α-hetero) is 1. The molecule has 5 aromatic rings. The number of fused-ring (bicyclic) bond motifs is 1. The molecule has 2 heteroatoms. The Morgan fingerprint density at radius 1 is 0.531 bits per heavy atom. The molecule has 0 spiro atoms. The topological polar surface area (TPSA) is 17.1 Å². The van der Waals surface area contributed by atoms with E-state index < -0.39 is 7.26 Å². The minimum Gasteiger partial charge on any atom is -0.294 e. The molecule has 32 heavy (non-hydrogen) atoms. The van der Waals surface area contributed by atoms with Crippen molar-refractivity contribution in [1.82, 2.24) is 0 Å². The van der Waals surface area contributed by atoms with Gasteiger partial charge in [0, 0.05) is 5.39 Å². The molecule has 0 aliphatic heterocycles. The van der Waals surface area contributed by atoms with Gasteiger partial charge < -0.3 is 0 Å². The number of ketones is 1. The lowest BCUT2D eigenvalue weighted by molar-refractivity contribution is 0.101. The summed E-state index contributed by atoms with van der Waals surface area (Å²) in [4.78, 5) is 13.1. The Hall–Kier alpha value is -3.54. The Bertz CT molecular complexity index is 1280. The third-order valence-corrected chi connectivity index (χ3v) is 10.4. The van der Waals surface area contributed by atoms with Crippen molar-refractivity contribution >= 4 is 45.0 Å². The van der Waals surface area contributed by atoms with Crippen molar-refractivity contribution in [2.24, 2.45) is 0 Å². The molecule has 0 saturated carbocycles. The number of hydrogen-bond donors (Lipinski definition) is 0. The molecule has 0 amide bonds. The van der Waals surface area contributed by atoms with Gasteiger partial charge in [0.2, 0.25) is 0 Å². The van der Waals surface area contributed by atoms with Crippen LogP contribution in [-0.4, -0.2) is 5.78 Å². The van der Waals surface area contributed by atoms with E-state index in [9.17, 15) is 4.79 Å². The molecule has 0 aromatic heterocycles. The Morgan fingerprint density at radius 2 is 0.969 bits per heavy atom. The van der Waals surface area contributed by atoms with Crippen LogP contribution in [0.15, 0.2) is 127 Å². The molecule has 154 valence electrons. The van der Waals surface area contributed by atoms with E-state index in [2.05, 4.69) is 121 Å². The minimum atomic E-state index is -2.36. The molecular weight excluding hydrogens is 407 g/mol. The van der Waals surface area contributed by atoms with Crippen LogP contribution in [0.25, 0.3) is 10.8 Å². The summed E-state index contributed by atoms with van der Waals surface area (Å²) < 4.78 is 0. The van der Waals surface area contributed by atoms with Crippen molar-refractivity contribution in [2.45, 2.75) is 6.92 Å². The average molecular weight is 431 g/mol. The molecule has 5 rings (SSSR count). The Morgan fingerprint density at radius 3 is 1.44 bits per heavy atom. The zero-order valence-corrected chi connectivity index (χ0v) is 18.9. The van der Waals surface area contributed by atoms with Crippen LogP contribution in [0.1, 0.15) is 17.3 Å². The fourth-order valence-corrected chi connectivity index (χ4v) is 9.38. The van der Waals surface area contributed by atoms with Gasteiger partial charge in [0.15, 0.2) is 5.78 Å². The molecule has 5 aromatic carbocycles. The maximum Gasteiger partial charge on any atom is 0.163 e. The maximum absolute atomic E-state index is 13.1. The van der Waals surface area contributed by atoms with Crippen LogP contribution in [0.5, 0.6) is 0 Å². The number of rotatable bonds is 5. The summed E-state index contributed by atoms with van der Waals surface area (Å²) in [6.07, 6.45) is 0. The van der Waals surface area contributed by atoms with Gasteiger partial charge in [0.25, 0.3) is 0 Å². The van der Waals surface area contributed by atoms with Gasteiger partial charge in [-0.2, -0.15) is 0 Å². The summed E-state index contributed by atoms with van der Waals surface area (Å²) in [5, 5.41) is 7.18. The zero-order chi connectivity index (χ0) is 22.0. The third kappa shape index (κ3) is 3.27. The molecule has 0 aliphatic rings. The number of carbonyl (C=O) groups is 1. The molecule has 0 atom stereocenters. The van der Waals surface area contributed by atoms with E-state index in [0.29, 0.717) is 0 Å². The van der Waals surface area contributed by atoms with E-state index in [1.54, 1.807) is 6.92 Å². The molecule has 0 radical (unpaired) electrons. The first-order valence-corrected chi connectivity index (χ1v) is 12.6. The SMILES string of the molecule is CC(=O)c1ccc2ccccc2c1[P+](c1ccccc1)(c1ccccc1)c1ccccc1. The van der Waals surface area contributed by atoms with Crippen molar-refractivity contribution in [2.75, 3.05) is 0 Å². The summed E-state index contributed by atoms with van der Waals surface area (Å²) in [5.74, 6) is 0.0953. The van der Waals surface area contributed by atoms with Crippen LogP contribution in [-0.2, 0) is 0 Å². The highest BCUT2D eigenvalue weighted by Crippen LogP contribution is 2.56. The van der Waals surface area contributed by atoms with Crippen LogP contribution in [0.2, 0.25) is 0 Å². The second kappa shape index (κ2) is 8.54. The standard InChI is InChI=1S/C30H24OP/c1-23(31)28-22-21-24-13-11-12-20-29(24)30(28)32(25-14-5-2-6-15-25,26-16-7-3-8-17-26)27-18-9-4-10-19-27/h2-22H,1H3/q+1. The number of carbonyl (C=O) groups excluding carboxylic acids is 1. The maximum atomic E-state index is 13.1. The van der Waals surface area contributed by atoms with Gasteiger partial charge in [-0.05, 0) is 54.8 Å². The third-order valence-electron chi connectivity index (χ3n) is 6.05. The predicted octanol–water partition coefficient (Wildman–Crippen LogP) is 5.66. The lowest BCUT2D eigenvalue weighted by Crippen LogP contribution is -2.41. The molecule has 1 nitrogen and oxygen atoms in total. The molecule has 0 saturated heterocycles. The van der Waals surface area contributed by atoms with Gasteiger partial charge in [-0.1, -0.05) is 84.9 Å². The van der Waals surface area contributed by atoms with Crippen molar-refractivity contribution in [3.05, 3.63) is 133 Å². The Kier molecular flexibility index (Phi) is 5.43. The minimum absolute atomic E-state index is 0.0953. The molecule has 0 unspecified atom stereocenters. The van der Waals surface area contributed by atoms with E-state index in [0.717, 1.165) is 21.6 Å². The fourth-order valence-electron chi connectivity index (χ4n) is 4.69. The molecule has 0 aliphatic carbocycles. The largest absolute Gasteiger partial charge is 0.294 e. The summed E-state index contributed by atoms with van der Waals surface area (Å²) >= 11 is 0. The van der Waals surface area contributed by atoms with Gasteiger partial charge in [-0.3, -0.25) is 4.79 Å². The lowest BCUT2D eigenvalue weighted by atomic mass is 10.0. The summed E-state index contributed by atoms with van der Waals surface area (Å²) in [5.41, 5.74) is 0.800. The first-order chi connectivity index (χ1) is 15.7. The molecular formula is C30H24OP+. The first-order valence-electron chi connectivity index (χ1n) is 10.8. The summed E-state index contributed by atoms with van der Waals surface area (Å²) in [7, 11) is -2.36. The van der Waals surface area contributed by atoms with E-state index in [-0.39, 0.29) is 5.78 Å². The molecule has 0 fully saturated rings. The van der Waals surface area contributed by atoms with Gasteiger partial charge in [0.1, 0.15) is 28.5 Å². The van der Waals surface area contributed by atoms with Crippen LogP contribution >= 0.6 is 7.26 Å². The molecule has 0 N–H and O–H groups in total. The number of hydrogen-bond acceptors (Lipinski definition) is 1. The highest BCUT2D eigenvalue weighted by atomic mass is 31.2. The Labute approximate surface area is 189 Å². The Balaban J connectivity index is 2.06. The lowest BCUT2D eigenvalue weighted by Gasteiger charge is -2.30. The highest BCUT2D eigenvalue weighted by molar-refractivity contribution is 8.02. The van der Waals surface area contributed by atoms with Crippen LogP contribution < -0.4 is 21.2 Å². The molecule has 0 bridgehead atoms. The fraction of sp³-hybridized carbons (Fsp3) is 0.0333. The van der Waals surface area contributed by atoms with Crippen molar-refractivity contribution in [3.8, 4) is 0 Å². The highest BCUT2D eigenvalue weighted by Gasteiger charge is 2.50. The van der Waals surface area contributed by atoms with E-state index in [1.807, 2.05) is 6.07 Å². The second-order valence-electron chi connectivity index (χ2n) is 7.92. The average Bonchev–Trinajstić information content (AvgIpc) is 2.86. The quantitative estimate of drug-likeness (QED) is 0.259. The van der Waals surface area contributed by atoms with Crippen LogP contribution in [0, 0.1) is 0 Å².